The van der Waals surface area contributed by atoms with Crippen LogP contribution in [0.2, 0.25) is 0 Å². The van der Waals surface area contributed by atoms with E-state index < -0.39 is 0 Å². The maximum Gasteiger partial charge on any atom is 0.0121 e. The fraction of sp³-hybridized carbons (Fsp3) is 1.00. The van der Waals surface area contributed by atoms with E-state index in [2.05, 4.69) is 11.8 Å². The molecule has 1 saturated heterocycles. The summed E-state index contributed by atoms with van der Waals surface area (Å²) in [6, 6.07) is 0.966. The second-order valence-corrected chi connectivity index (χ2v) is 3.70. The molecule has 1 aliphatic carbocycles. The fourth-order valence-electron chi connectivity index (χ4n) is 2.04. The van der Waals surface area contributed by atoms with Gasteiger partial charge in [-0.05, 0) is 44.7 Å². The van der Waals surface area contributed by atoms with Crippen LogP contribution in [-0.4, -0.2) is 24.0 Å². The van der Waals surface area contributed by atoms with E-state index >= 15 is 0 Å². The van der Waals surface area contributed by atoms with E-state index in [0.29, 0.717) is 0 Å². The molecule has 1 nitrogen and oxygen atoms in total. The molecule has 1 heterocycles. The lowest BCUT2D eigenvalue weighted by Gasteiger charge is -2.38. The highest BCUT2D eigenvalue weighted by molar-refractivity contribution is 4.89. The van der Waals surface area contributed by atoms with Gasteiger partial charge in [0.2, 0.25) is 0 Å². The lowest BCUT2D eigenvalue weighted by molar-refractivity contribution is 0.100. The Morgan fingerprint density at radius 3 is 2.40 bits per heavy atom. The molecule has 0 N–H and O–H groups in total. The zero-order valence-corrected chi connectivity index (χ0v) is 6.84. The molecule has 0 spiro atoms. The van der Waals surface area contributed by atoms with Crippen molar-refractivity contribution in [2.24, 2.45) is 5.92 Å². The molecule has 1 aliphatic heterocycles. The Morgan fingerprint density at radius 1 is 1.40 bits per heavy atom. The smallest absolute Gasteiger partial charge is 0.0121 e. The average molecular weight is 139 g/mol. The van der Waals surface area contributed by atoms with Crippen molar-refractivity contribution >= 4 is 0 Å². The van der Waals surface area contributed by atoms with Gasteiger partial charge in [-0.2, -0.15) is 0 Å². The van der Waals surface area contributed by atoms with Crippen molar-refractivity contribution in [3.05, 3.63) is 0 Å². The molecule has 0 radical (unpaired) electrons. The minimum absolute atomic E-state index is 0.966. The zero-order chi connectivity index (χ0) is 6.97. The molecule has 1 saturated carbocycles. The van der Waals surface area contributed by atoms with E-state index in [-0.39, 0.29) is 0 Å². The Hall–Kier alpha value is -0.0400. The quantitative estimate of drug-likeness (QED) is 0.577. The summed E-state index contributed by atoms with van der Waals surface area (Å²) in [6.45, 7) is 5.10. The van der Waals surface area contributed by atoms with Gasteiger partial charge in [0, 0.05) is 6.04 Å². The number of rotatable bonds is 3. The molecular weight excluding hydrogens is 122 g/mol. The summed E-state index contributed by atoms with van der Waals surface area (Å²) in [5.74, 6) is 1.09. The van der Waals surface area contributed by atoms with E-state index in [4.69, 9.17) is 0 Å². The highest BCUT2D eigenvalue weighted by Gasteiger charge is 2.35. The molecule has 2 fully saturated rings. The molecule has 58 valence electrons. The first-order valence-corrected chi connectivity index (χ1v) is 4.66. The summed E-state index contributed by atoms with van der Waals surface area (Å²) in [5, 5.41) is 0. The van der Waals surface area contributed by atoms with Crippen molar-refractivity contribution in [3.63, 3.8) is 0 Å². The van der Waals surface area contributed by atoms with E-state index in [9.17, 15) is 0 Å². The number of hydrogen-bond acceptors (Lipinski definition) is 1. The first-order valence-electron chi connectivity index (χ1n) is 4.66. The molecule has 0 aromatic carbocycles. The fourth-order valence-corrected chi connectivity index (χ4v) is 2.04. The van der Waals surface area contributed by atoms with Crippen LogP contribution in [0.3, 0.4) is 0 Å². The van der Waals surface area contributed by atoms with Gasteiger partial charge in [0.1, 0.15) is 0 Å². The van der Waals surface area contributed by atoms with Gasteiger partial charge in [-0.3, -0.25) is 0 Å². The molecule has 2 rings (SSSR count). The lowest BCUT2D eigenvalue weighted by Crippen LogP contribution is -2.45. The van der Waals surface area contributed by atoms with E-state index in [1.807, 2.05) is 0 Å². The topological polar surface area (TPSA) is 3.24 Å². The van der Waals surface area contributed by atoms with Crippen LogP contribution < -0.4 is 0 Å². The third-order valence-corrected chi connectivity index (χ3v) is 2.94. The Labute approximate surface area is 63.4 Å². The third-order valence-electron chi connectivity index (χ3n) is 2.94. The van der Waals surface area contributed by atoms with Crippen LogP contribution in [0.1, 0.15) is 32.6 Å². The summed E-state index contributed by atoms with van der Waals surface area (Å²) in [6.07, 6.45) is 5.85. The molecule has 0 aromatic heterocycles. The van der Waals surface area contributed by atoms with E-state index in [0.717, 1.165) is 12.0 Å². The van der Waals surface area contributed by atoms with Crippen molar-refractivity contribution in [2.45, 2.75) is 38.6 Å². The Kier molecular flexibility index (Phi) is 1.69. The Bertz CT molecular complexity index is 114. The monoisotopic (exact) mass is 139 g/mol. The SMILES string of the molecule is CCC(C1CC1)N1CCC1. The van der Waals surface area contributed by atoms with Crippen LogP contribution in [0.4, 0.5) is 0 Å². The second kappa shape index (κ2) is 2.54. The van der Waals surface area contributed by atoms with Crippen molar-refractivity contribution in [1.82, 2.24) is 4.90 Å². The van der Waals surface area contributed by atoms with Crippen LogP contribution in [0.5, 0.6) is 0 Å². The molecule has 0 bridgehead atoms. The van der Waals surface area contributed by atoms with Gasteiger partial charge in [0.05, 0.1) is 0 Å². The van der Waals surface area contributed by atoms with E-state index in [1.54, 1.807) is 0 Å². The van der Waals surface area contributed by atoms with Gasteiger partial charge in [-0.1, -0.05) is 6.92 Å². The molecular formula is C9H17N. The molecule has 1 heteroatoms. The summed E-state index contributed by atoms with van der Waals surface area (Å²) in [5.41, 5.74) is 0. The lowest BCUT2D eigenvalue weighted by atomic mass is 10.0. The molecule has 2 aliphatic rings. The van der Waals surface area contributed by atoms with Gasteiger partial charge < -0.3 is 4.90 Å². The van der Waals surface area contributed by atoms with Crippen molar-refractivity contribution in [2.75, 3.05) is 13.1 Å². The Morgan fingerprint density at radius 2 is 2.10 bits per heavy atom. The predicted octanol–water partition coefficient (Wildman–Crippen LogP) is 1.88. The maximum absolute atomic E-state index is 2.66. The summed E-state index contributed by atoms with van der Waals surface area (Å²) in [4.78, 5) is 2.66. The van der Waals surface area contributed by atoms with Gasteiger partial charge in [0.15, 0.2) is 0 Å². The molecule has 0 aromatic rings. The highest BCUT2D eigenvalue weighted by Crippen LogP contribution is 2.38. The zero-order valence-electron chi connectivity index (χ0n) is 6.84. The number of likely N-dealkylation sites (tertiary alicyclic amines) is 1. The first-order chi connectivity index (χ1) is 4.92. The largest absolute Gasteiger partial charge is 0.300 e. The second-order valence-electron chi connectivity index (χ2n) is 3.70. The average Bonchev–Trinajstić information content (AvgIpc) is 2.58. The van der Waals surface area contributed by atoms with Crippen LogP contribution in [0.15, 0.2) is 0 Å². The van der Waals surface area contributed by atoms with E-state index in [1.165, 1.54) is 38.8 Å². The van der Waals surface area contributed by atoms with Gasteiger partial charge in [0.25, 0.3) is 0 Å². The summed E-state index contributed by atoms with van der Waals surface area (Å²) < 4.78 is 0. The van der Waals surface area contributed by atoms with Crippen molar-refractivity contribution in [1.29, 1.82) is 0 Å². The minimum atomic E-state index is 0.966. The van der Waals surface area contributed by atoms with Gasteiger partial charge in [-0.25, -0.2) is 0 Å². The minimum Gasteiger partial charge on any atom is -0.300 e. The van der Waals surface area contributed by atoms with Crippen LogP contribution in [0.25, 0.3) is 0 Å². The Balaban J connectivity index is 1.84. The van der Waals surface area contributed by atoms with Crippen LogP contribution >= 0.6 is 0 Å². The molecule has 0 amide bonds. The number of hydrogen-bond donors (Lipinski definition) is 0. The normalized spacial score (nSPS) is 29.7. The molecule has 1 atom stereocenters. The third kappa shape index (κ3) is 1.07. The predicted molar refractivity (Wildman–Crippen MR) is 43.0 cm³/mol. The summed E-state index contributed by atoms with van der Waals surface area (Å²) in [7, 11) is 0. The van der Waals surface area contributed by atoms with Crippen LogP contribution in [0, 0.1) is 5.92 Å². The number of nitrogens with zero attached hydrogens (tertiary/aromatic N) is 1. The maximum atomic E-state index is 2.66. The standard InChI is InChI=1S/C9H17N/c1-2-9(8-4-5-8)10-6-3-7-10/h8-9H,2-7H2,1H3. The molecule has 1 unspecified atom stereocenters. The van der Waals surface area contributed by atoms with Gasteiger partial charge >= 0.3 is 0 Å². The first kappa shape index (κ1) is 6.66. The summed E-state index contributed by atoms with van der Waals surface area (Å²) >= 11 is 0. The van der Waals surface area contributed by atoms with Crippen molar-refractivity contribution in [3.8, 4) is 0 Å². The molecule has 10 heavy (non-hydrogen) atoms. The van der Waals surface area contributed by atoms with Crippen LogP contribution in [-0.2, 0) is 0 Å². The highest BCUT2D eigenvalue weighted by atomic mass is 15.2. The van der Waals surface area contributed by atoms with Crippen molar-refractivity contribution < 1.29 is 0 Å². The van der Waals surface area contributed by atoms with Gasteiger partial charge in [-0.15, -0.1) is 0 Å².